The Balaban J connectivity index is 1.59. The van der Waals surface area contributed by atoms with Gasteiger partial charge in [-0.3, -0.25) is 4.79 Å². The Bertz CT molecular complexity index is 709. The molecule has 3 rings (SSSR count). The summed E-state index contributed by atoms with van der Waals surface area (Å²) in [7, 11) is 0. The number of rotatable bonds is 4. The molecule has 6 nitrogen and oxygen atoms in total. The van der Waals surface area contributed by atoms with Gasteiger partial charge >= 0.3 is 0 Å². The number of thioether (sulfide) groups is 1. The number of carbonyl (C=O) groups is 1. The molecule has 1 aromatic heterocycles. The Labute approximate surface area is 145 Å². The number of aromatic nitrogens is 2. The fraction of sp³-hybridized carbons (Fsp3) is 0.471. The summed E-state index contributed by atoms with van der Waals surface area (Å²) in [5, 5.41) is 4.42. The van der Waals surface area contributed by atoms with Gasteiger partial charge in [0.15, 0.2) is 0 Å². The first-order valence-electron chi connectivity index (χ1n) is 7.98. The van der Waals surface area contributed by atoms with Crippen molar-refractivity contribution in [2.75, 3.05) is 18.8 Å². The maximum absolute atomic E-state index is 12.4. The van der Waals surface area contributed by atoms with Crippen LogP contribution >= 0.6 is 11.8 Å². The number of hydrogen-bond acceptors (Lipinski definition) is 6. The lowest BCUT2D eigenvalue weighted by molar-refractivity contribution is -0.140. The Hall–Kier alpha value is -1.86. The van der Waals surface area contributed by atoms with E-state index in [0.29, 0.717) is 24.1 Å². The largest absolute Gasteiger partial charge is 0.372 e. The van der Waals surface area contributed by atoms with Gasteiger partial charge in [0.25, 0.3) is 5.22 Å². The molecule has 1 amide bonds. The van der Waals surface area contributed by atoms with E-state index in [4.69, 9.17) is 9.26 Å². The van der Waals surface area contributed by atoms with Crippen molar-refractivity contribution in [1.82, 2.24) is 15.0 Å². The Kier molecular flexibility index (Phi) is 5.20. The molecule has 2 heterocycles. The van der Waals surface area contributed by atoms with Crippen molar-refractivity contribution in [2.24, 2.45) is 0 Å². The van der Waals surface area contributed by atoms with Crippen molar-refractivity contribution in [3.05, 3.63) is 29.8 Å². The summed E-state index contributed by atoms with van der Waals surface area (Å²) in [6, 6.07) is 7.87. The van der Waals surface area contributed by atoms with E-state index < -0.39 is 0 Å². The highest BCUT2D eigenvalue weighted by molar-refractivity contribution is 7.99. The molecule has 2 atom stereocenters. The van der Waals surface area contributed by atoms with E-state index in [-0.39, 0.29) is 23.9 Å². The molecule has 1 saturated heterocycles. The zero-order valence-corrected chi connectivity index (χ0v) is 14.9. The number of ether oxygens (including phenoxy) is 1. The normalized spacial score (nSPS) is 21.0. The van der Waals surface area contributed by atoms with Gasteiger partial charge in [-0.25, -0.2) is 0 Å². The zero-order valence-electron chi connectivity index (χ0n) is 14.1. The van der Waals surface area contributed by atoms with Crippen LogP contribution in [0.5, 0.6) is 0 Å². The second kappa shape index (κ2) is 7.36. The van der Waals surface area contributed by atoms with Crippen LogP contribution in [0.15, 0.2) is 34.0 Å². The molecule has 24 heavy (non-hydrogen) atoms. The van der Waals surface area contributed by atoms with E-state index >= 15 is 0 Å². The van der Waals surface area contributed by atoms with Gasteiger partial charge in [-0.2, -0.15) is 4.98 Å². The Morgan fingerprint density at radius 2 is 2.00 bits per heavy atom. The first-order chi connectivity index (χ1) is 11.5. The van der Waals surface area contributed by atoms with Crippen molar-refractivity contribution in [3.63, 3.8) is 0 Å². The van der Waals surface area contributed by atoms with E-state index in [9.17, 15) is 4.79 Å². The highest BCUT2D eigenvalue weighted by Crippen LogP contribution is 2.24. The molecule has 2 unspecified atom stereocenters. The second-order valence-corrected chi connectivity index (χ2v) is 6.97. The number of carbonyl (C=O) groups excluding carboxylic acids is 1. The average molecular weight is 347 g/mol. The number of aryl methyl sites for hydroxylation is 1. The number of hydrogen-bond donors (Lipinski definition) is 0. The summed E-state index contributed by atoms with van der Waals surface area (Å²) in [6.45, 7) is 7.22. The van der Waals surface area contributed by atoms with Gasteiger partial charge in [0.1, 0.15) is 0 Å². The number of amides is 1. The van der Waals surface area contributed by atoms with Crippen LogP contribution in [0.4, 0.5) is 0 Å². The molecule has 1 aliphatic rings. The monoisotopic (exact) mass is 347 g/mol. The van der Waals surface area contributed by atoms with Crippen molar-refractivity contribution >= 4 is 17.7 Å². The molecule has 128 valence electrons. The van der Waals surface area contributed by atoms with Gasteiger partial charge in [-0.05, 0) is 26.3 Å². The van der Waals surface area contributed by atoms with Gasteiger partial charge in [0.2, 0.25) is 11.7 Å². The Morgan fingerprint density at radius 3 is 2.71 bits per heavy atom. The molecule has 1 aromatic carbocycles. The average Bonchev–Trinajstić information content (AvgIpc) is 3.01. The second-order valence-electron chi connectivity index (χ2n) is 6.04. The fourth-order valence-electron chi connectivity index (χ4n) is 2.80. The van der Waals surface area contributed by atoms with Crippen LogP contribution in [0.3, 0.4) is 0 Å². The third-order valence-electron chi connectivity index (χ3n) is 3.88. The fourth-order valence-corrected chi connectivity index (χ4v) is 3.47. The van der Waals surface area contributed by atoms with Gasteiger partial charge in [-0.15, -0.1) is 0 Å². The molecule has 1 aliphatic heterocycles. The molecule has 0 aliphatic carbocycles. The molecule has 7 heteroatoms. The van der Waals surface area contributed by atoms with Crippen molar-refractivity contribution in [3.8, 4) is 11.4 Å². The van der Waals surface area contributed by atoms with Crippen LogP contribution in [0.2, 0.25) is 0 Å². The molecule has 0 bridgehead atoms. The summed E-state index contributed by atoms with van der Waals surface area (Å²) in [4.78, 5) is 18.6. The minimum atomic E-state index is 0.0673. The molecular weight excluding hydrogens is 326 g/mol. The molecular formula is C17H21N3O3S. The third kappa shape index (κ3) is 3.96. The predicted molar refractivity (Wildman–Crippen MR) is 91.8 cm³/mol. The van der Waals surface area contributed by atoms with E-state index in [0.717, 1.165) is 11.1 Å². The van der Waals surface area contributed by atoms with Crippen LogP contribution in [0.1, 0.15) is 19.4 Å². The third-order valence-corrected chi connectivity index (χ3v) is 4.69. The lowest BCUT2D eigenvalue weighted by atomic mass is 10.1. The van der Waals surface area contributed by atoms with E-state index in [1.165, 1.54) is 11.8 Å². The summed E-state index contributed by atoms with van der Waals surface area (Å²) in [5.41, 5.74) is 2.03. The lowest BCUT2D eigenvalue weighted by Crippen LogP contribution is -2.48. The summed E-state index contributed by atoms with van der Waals surface area (Å²) in [6.07, 6.45) is 0.137. The molecule has 0 saturated carbocycles. The topological polar surface area (TPSA) is 68.5 Å². The van der Waals surface area contributed by atoms with Crippen LogP contribution in [0, 0.1) is 6.92 Å². The van der Waals surface area contributed by atoms with Crippen molar-refractivity contribution in [2.45, 2.75) is 38.2 Å². The quantitative estimate of drug-likeness (QED) is 0.792. The molecule has 0 N–H and O–H groups in total. The van der Waals surface area contributed by atoms with Gasteiger partial charge in [0, 0.05) is 18.7 Å². The van der Waals surface area contributed by atoms with Crippen LogP contribution < -0.4 is 0 Å². The zero-order chi connectivity index (χ0) is 17.1. The van der Waals surface area contributed by atoms with Crippen LogP contribution in [0.25, 0.3) is 11.4 Å². The maximum Gasteiger partial charge on any atom is 0.286 e. The SMILES string of the molecule is Cc1ccccc1-c1noc(SCC(=O)N2CC(C)OC(C)C2)n1. The summed E-state index contributed by atoms with van der Waals surface area (Å²) in [5.74, 6) is 0.906. The molecule has 0 spiro atoms. The van der Waals surface area contributed by atoms with Gasteiger partial charge in [-0.1, -0.05) is 41.2 Å². The van der Waals surface area contributed by atoms with Gasteiger partial charge in [0.05, 0.1) is 18.0 Å². The molecule has 2 aromatic rings. The first kappa shape index (κ1) is 17.0. The smallest absolute Gasteiger partial charge is 0.286 e. The number of nitrogens with zero attached hydrogens (tertiary/aromatic N) is 3. The lowest BCUT2D eigenvalue weighted by Gasteiger charge is -2.35. The molecule has 0 radical (unpaired) electrons. The minimum absolute atomic E-state index is 0.0673. The van der Waals surface area contributed by atoms with Gasteiger partial charge < -0.3 is 14.2 Å². The van der Waals surface area contributed by atoms with E-state index in [2.05, 4.69) is 10.1 Å². The van der Waals surface area contributed by atoms with Crippen LogP contribution in [-0.2, 0) is 9.53 Å². The van der Waals surface area contributed by atoms with Crippen molar-refractivity contribution in [1.29, 1.82) is 0 Å². The summed E-state index contributed by atoms with van der Waals surface area (Å²) >= 11 is 1.27. The number of benzene rings is 1. The number of morpholine rings is 1. The summed E-state index contributed by atoms with van der Waals surface area (Å²) < 4.78 is 10.9. The highest BCUT2D eigenvalue weighted by atomic mass is 32.2. The Morgan fingerprint density at radius 1 is 1.29 bits per heavy atom. The predicted octanol–water partition coefficient (Wildman–Crippen LogP) is 2.77. The minimum Gasteiger partial charge on any atom is -0.372 e. The maximum atomic E-state index is 12.4. The van der Waals surface area contributed by atoms with Crippen molar-refractivity contribution < 1.29 is 14.1 Å². The highest BCUT2D eigenvalue weighted by Gasteiger charge is 2.26. The van der Waals surface area contributed by atoms with Crippen LogP contribution in [-0.4, -0.2) is 52.0 Å². The van der Waals surface area contributed by atoms with E-state index in [1.807, 2.05) is 49.9 Å². The first-order valence-corrected chi connectivity index (χ1v) is 8.97. The molecule has 1 fully saturated rings. The van der Waals surface area contributed by atoms with E-state index in [1.54, 1.807) is 0 Å². The standard InChI is InChI=1S/C17H21N3O3S/c1-11-6-4-5-7-14(11)16-18-17(23-19-16)24-10-15(21)20-8-12(2)22-13(3)9-20/h4-7,12-13H,8-10H2,1-3H3.